The van der Waals surface area contributed by atoms with E-state index in [0.717, 1.165) is 31.2 Å². The number of nitrogens with zero attached hydrogens (tertiary/aromatic N) is 3. The summed E-state index contributed by atoms with van der Waals surface area (Å²) in [6, 6.07) is 9.99. The van der Waals surface area contributed by atoms with Crippen molar-refractivity contribution in [1.29, 1.82) is 0 Å². The van der Waals surface area contributed by atoms with E-state index >= 15 is 4.39 Å². The maximum absolute atomic E-state index is 15.0. The monoisotopic (exact) mass is 571 g/mol. The molecule has 7 N–H and O–H groups in total. The summed E-state index contributed by atoms with van der Waals surface area (Å²) in [5.41, 5.74) is 14.4. The number of aryl methyl sites for hydroxylation is 1. The molecule has 8 nitrogen and oxygen atoms in total. The van der Waals surface area contributed by atoms with Crippen molar-refractivity contribution in [2.75, 3.05) is 18.0 Å². The molecule has 2 aromatic carbocycles. The third-order valence-corrected chi connectivity index (χ3v) is 6.90. The molecule has 0 fully saturated rings. The van der Waals surface area contributed by atoms with Crippen LogP contribution >= 0.6 is 11.6 Å². The minimum absolute atomic E-state index is 0.0349. The van der Waals surface area contributed by atoms with Crippen LogP contribution in [0.2, 0.25) is 5.02 Å². The van der Waals surface area contributed by atoms with Gasteiger partial charge in [0.25, 0.3) is 0 Å². The Hall–Kier alpha value is -3.31. The van der Waals surface area contributed by atoms with Crippen molar-refractivity contribution >= 4 is 29.3 Å². The molecule has 11 heteroatoms. The van der Waals surface area contributed by atoms with Crippen LogP contribution in [0.4, 0.5) is 14.5 Å². The molecule has 4 rings (SSSR count). The number of nitrogens with one attached hydrogen (secondary N) is 2. The van der Waals surface area contributed by atoms with Crippen LogP contribution in [0, 0.1) is 11.6 Å². The Balaban J connectivity index is 1.51. The van der Waals surface area contributed by atoms with Crippen molar-refractivity contribution in [1.82, 2.24) is 10.3 Å². The Kier molecular flexibility index (Phi) is 9.91. The summed E-state index contributed by atoms with van der Waals surface area (Å²) in [6.07, 6.45) is 3.60. The molecule has 40 heavy (non-hydrogen) atoms. The van der Waals surface area contributed by atoms with E-state index in [-0.39, 0.29) is 11.1 Å². The lowest BCUT2D eigenvalue weighted by Crippen LogP contribution is -2.41. The van der Waals surface area contributed by atoms with Crippen LogP contribution in [0.25, 0.3) is 17.5 Å². The zero-order valence-electron chi connectivity index (χ0n) is 22.7. The summed E-state index contributed by atoms with van der Waals surface area (Å²) in [5, 5.41) is 14.6. The van der Waals surface area contributed by atoms with Crippen LogP contribution < -0.4 is 32.4 Å². The molecule has 0 radical (unpaired) electrons. The fraction of sp³-hybridized carbons (Fsp3) is 0.379. The highest BCUT2D eigenvalue weighted by atomic mass is 35.5. The number of hydrogen-bond donors (Lipinski definition) is 5. The molecule has 1 aromatic heterocycles. The molecular formula is C29H36ClF2N7O. The Morgan fingerprint density at radius 1 is 1.25 bits per heavy atom. The van der Waals surface area contributed by atoms with E-state index in [1.54, 1.807) is 43.5 Å². The minimum atomic E-state index is -1.29. The van der Waals surface area contributed by atoms with Gasteiger partial charge >= 0.3 is 0 Å². The quantitative estimate of drug-likeness (QED) is 0.129. The van der Waals surface area contributed by atoms with Gasteiger partial charge in [-0.25, -0.2) is 13.8 Å². The molecule has 0 saturated carbocycles. The van der Waals surface area contributed by atoms with Crippen LogP contribution in [-0.4, -0.2) is 41.4 Å². The predicted octanol–water partition coefficient (Wildman–Crippen LogP) is 3.29. The molecule has 0 amide bonds. The zero-order chi connectivity index (χ0) is 28.8. The second-order valence-corrected chi connectivity index (χ2v) is 10.5. The molecule has 0 spiro atoms. The van der Waals surface area contributed by atoms with Crippen LogP contribution in [0.5, 0.6) is 0 Å². The number of H-pyrrole nitrogens is 1. The average molecular weight is 572 g/mol. The number of aliphatic hydroxyl groups is 1. The van der Waals surface area contributed by atoms with Gasteiger partial charge in [-0.3, -0.25) is 4.99 Å². The molecule has 0 saturated heterocycles. The molecule has 1 aliphatic heterocycles. The third kappa shape index (κ3) is 7.45. The van der Waals surface area contributed by atoms with Gasteiger partial charge in [-0.2, -0.15) is 0 Å². The van der Waals surface area contributed by atoms with Crippen molar-refractivity contribution in [3.05, 3.63) is 74.9 Å². The summed E-state index contributed by atoms with van der Waals surface area (Å²) in [4.78, 5) is 13.0. The summed E-state index contributed by atoms with van der Waals surface area (Å²) in [7, 11) is 0. The van der Waals surface area contributed by atoms with Gasteiger partial charge in [0.2, 0.25) is 6.35 Å². The summed E-state index contributed by atoms with van der Waals surface area (Å²) < 4.78 is 29.9. The van der Waals surface area contributed by atoms with E-state index < -0.39 is 18.0 Å². The number of aromatic amines is 1. The van der Waals surface area contributed by atoms with Crippen molar-refractivity contribution < 1.29 is 13.9 Å². The van der Waals surface area contributed by atoms with E-state index in [1.807, 2.05) is 6.92 Å². The maximum atomic E-state index is 15.0. The van der Waals surface area contributed by atoms with E-state index in [2.05, 4.69) is 20.3 Å². The number of benzene rings is 2. The van der Waals surface area contributed by atoms with Crippen molar-refractivity contribution in [3.8, 4) is 11.3 Å². The number of nitrogens with two attached hydrogens (primary N) is 2. The Morgan fingerprint density at radius 3 is 2.77 bits per heavy atom. The first-order valence-corrected chi connectivity index (χ1v) is 13.7. The molecule has 0 aliphatic carbocycles. The summed E-state index contributed by atoms with van der Waals surface area (Å²) in [5.74, 6) is -0.399. The number of anilines is 1. The molecule has 1 unspecified atom stereocenters. The number of rotatable bonds is 12. The van der Waals surface area contributed by atoms with Gasteiger partial charge in [0.05, 0.1) is 16.6 Å². The van der Waals surface area contributed by atoms with Crippen LogP contribution in [0.15, 0.2) is 46.4 Å². The van der Waals surface area contributed by atoms with Gasteiger partial charge in [0.1, 0.15) is 11.3 Å². The largest absolute Gasteiger partial charge is 0.388 e. The number of halogens is 3. The zero-order valence-corrected chi connectivity index (χ0v) is 23.5. The van der Waals surface area contributed by atoms with E-state index in [9.17, 15) is 9.50 Å². The van der Waals surface area contributed by atoms with Crippen molar-refractivity contribution in [2.45, 2.75) is 58.5 Å². The molecular weight excluding hydrogens is 536 g/mol. The molecule has 2 heterocycles. The number of aliphatic imine (C=N–C) groups is 1. The van der Waals surface area contributed by atoms with Crippen LogP contribution in [-0.2, 0) is 13.0 Å². The fourth-order valence-corrected chi connectivity index (χ4v) is 4.79. The minimum Gasteiger partial charge on any atom is -0.388 e. The summed E-state index contributed by atoms with van der Waals surface area (Å²) in [6.45, 7) is 5.35. The number of aromatic nitrogens is 1. The van der Waals surface area contributed by atoms with E-state index in [0.29, 0.717) is 58.7 Å². The van der Waals surface area contributed by atoms with E-state index in [1.165, 1.54) is 11.0 Å². The highest BCUT2D eigenvalue weighted by Gasteiger charge is 2.20. The van der Waals surface area contributed by atoms with Gasteiger partial charge in [0.15, 0.2) is 5.82 Å². The lowest BCUT2D eigenvalue weighted by atomic mass is 10.0. The highest BCUT2D eigenvalue weighted by molar-refractivity contribution is 6.31. The predicted molar refractivity (Wildman–Crippen MR) is 156 cm³/mol. The van der Waals surface area contributed by atoms with E-state index in [4.69, 9.17) is 23.1 Å². The first-order valence-electron chi connectivity index (χ1n) is 13.4. The van der Waals surface area contributed by atoms with Gasteiger partial charge in [-0.1, -0.05) is 17.7 Å². The molecule has 3 aromatic rings. The van der Waals surface area contributed by atoms with Crippen molar-refractivity contribution in [3.63, 3.8) is 0 Å². The van der Waals surface area contributed by atoms with Gasteiger partial charge in [-0.05, 0) is 82.0 Å². The topological polar surface area (TPSA) is 128 Å². The number of hydrogen-bond acceptors (Lipinski definition) is 6. The van der Waals surface area contributed by atoms with Crippen LogP contribution in [0.1, 0.15) is 44.2 Å². The first-order chi connectivity index (χ1) is 19.1. The Labute approximate surface area is 237 Å². The van der Waals surface area contributed by atoms with Gasteiger partial charge in [0, 0.05) is 47.4 Å². The highest BCUT2D eigenvalue weighted by Crippen LogP contribution is 2.29. The first kappa shape index (κ1) is 29.7. The maximum Gasteiger partial charge on any atom is 0.231 e. The average Bonchev–Trinajstić information content (AvgIpc) is 3.30. The standard InChI is InChI=1S/C29H36ClF2N7O/c1-17(33)5-3-6-19-11-23(27(32)24(30)12-19)26-13-21-16-39(29(40)38-28(21)37-26)22-8-7-20(25(31)14-22)15-35-9-4-10-36-18(2)34/h7-8,11-14,16-17,29,35,40H,3-6,9-10,15,33H2,1-2H3,(H2,34,36)(H,37,38)/t17-,29?/m0/s1. The lowest BCUT2D eigenvalue weighted by molar-refractivity contribution is 0.186. The SMILES string of the molecule is CC(N)=NCCCNCc1ccc(N2C=c3cc(-c4cc(CCC[C@H](C)N)cc(Cl)c4F)[nH]c3=NC2O)cc1F. The Morgan fingerprint density at radius 2 is 2.05 bits per heavy atom. The number of fused-ring (bicyclic) bond motifs is 1. The number of aliphatic hydroxyl groups excluding tert-OH is 1. The van der Waals surface area contributed by atoms with Gasteiger partial charge < -0.3 is 31.8 Å². The third-order valence-electron chi connectivity index (χ3n) is 6.62. The molecule has 0 bridgehead atoms. The fourth-order valence-electron chi connectivity index (χ4n) is 4.55. The second-order valence-electron chi connectivity index (χ2n) is 10.1. The number of amidine groups is 1. The smallest absolute Gasteiger partial charge is 0.231 e. The van der Waals surface area contributed by atoms with Crippen LogP contribution in [0.3, 0.4) is 0 Å². The van der Waals surface area contributed by atoms with Crippen molar-refractivity contribution in [2.24, 2.45) is 21.5 Å². The van der Waals surface area contributed by atoms with Gasteiger partial charge in [-0.15, -0.1) is 0 Å². The lowest BCUT2D eigenvalue weighted by Gasteiger charge is -2.25. The molecule has 2 atom stereocenters. The molecule has 1 aliphatic rings. The Bertz CT molecular complexity index is 1480. The normalized spacial score (nSPS) is 15.9. The molecule has 214 valence electrons. The second kappa shape index (κ2) is 13.4. The summed E-state index contributed by atoms with van der Waals surface area (Å²) >= 11 is 6.21.